The Morgan fingerprint density at radius 2 is 1.81 bits per heavy atom. The number of anilines is 1. The quantitative estimate of drug-likeness (QED) is 0.607. The van der Waals surface area contributed by atoms with Gasteiger partial charge in [-0.25, -0.2) is 4.98 Å². The Kier molecular flexibility index (Phi) is 4.38. The van der Waals surface area contributed by atoms with Crippen LogP contribution in [0.3, 0.4) is 0 Å². The Morgan fingerprint density at radius 3 is 2.70 bits per heavy atom. The molecule has 0 unspecified atom stereocenters. The molecule has 0 saturated carbocycles. The van der Waals surface area contributed by atoms with E-state index in [1.807, 2.05) is 43.3 Å². The summed E-state index contributed by atoms with van der Waals surface area (Å²) in [6, 6.07) is 16.7. The molecule has 0 bridgehead atoms. The molecule has 0 atom stereocenters. The van der Waals surface area contributed by atoms with Gasteiger partial charge in [-0.15, -0.1) is 0 Å². The Labute approximate surface area is 155 Å². The normalized spacial score (nSPS) is 11.0. The number of fused-ring (bicyclic) bond motifs is 2. The van der Waals surface area contributed by atoms with E-state index < -0.39 is 0 Å². The third-order valence-corrected chi connectivity index (χ3v) is 4.46. The van der Waals surface area contributed by atoms with E-state index in [0.29, 0.717) is 16.6 Å². The van der Waals surface area contributed by atoms with Crippen molar-refractivity contribution in [2.45, 2.75) is 19.9 Å². The van der Waals surface area contributed by atoms with Gasteiger partial charge in [0.05, 0.1) is 28.4 Å². The molecule has 4 rings (SSSR count). The summed E-state index contributed by atoms with van der Waals surface area (Å²) in [5.41, 5.74) is 2.99. The first-order valence-corrected chi connectivity index (χ1v) is 8.72. The number of carbonyl (C=O) groups excluding carboxylic acids is 1. The van der Waals surface area contributed by atoms with Crippen LogP contribution in [-0.2, 0) is 11.3 Å². The predicted octanol–water partition coefficient (Wildman–Crippen LogP) is 3.28. The minimum absolute atomic E-state index is 0.141. The summed E-state index contributed by atoms with van der Waals surface area (Å²) in [7, 11) is 0. The number of aryl methyl sites for hydroxylation is 2. The van der Waals surface area contributed by atoms with Crippen molar-refractivity contribution < 1.29 is 4.79 Å². The molecule has 6 heteroatoms. The molecule has 6 nitrogen and oxygen atoms in total. The summed E-state index contributed by atoms with van der Waals surface area (Å²) in [4.78, 5) is 33.6. The van der Waals surface area contributed by atoms with Crippen LogP contribution in [0.2, 0.25) is 0 Å². The van der Waals surface area contributed by atoms with E-state index in [1.165, 1.54) is 10.9 Å². The van der Waals surface area contributed by atoms with Gasteiger partial charge >= 0.3 is 0 Å². The van der Waals surface area contributed by atoms with Crippen molar-refractivity contribution in [3.63, 3.8) is 0 Å². The van der Waals surface area contributed by atoms with Crippen molar-refractivity contribution in [3.05, 3.63) is 77.0 Å². The van der Waals surface area contributed by atoms with Gasteiger partial charge in [0.25, 0.3) is 5.56 Å². The first kappa shape index (κ1) is 16.9. The van der Waals surface area contributed by atoms with Gasteiger partial charge in [-0.2, -0.15) is 0 Å². The van der Waals surface area contributed by atoms with Gasteiger partial charge in [-0.3, -0.25) is 19.1 Å². The summed E-state index contributed by atoms with van der Waals surface area (Å²) in [5.74, 6) is -0.164. The summed E-state index contributed by atoms with van der Waals surface area (Å²) >= 11 is 0. The van der Waals surface area contributed by atoms with E-state index in [4.69, 9.17) is 0 Å². The van der Waals surface area contributed by atoms with Crippen molar-refractivity contribution in [2.75, 3.05) is 5.32 Å². The largest absolute Gasteiger partial charge is 0.325 e. The molecule has 0 saturated heterocycles. The molecular formula is C21H18N4O2. The molecule has 0 fully saturated rings. The van der Waals surface area contributed by atoms with Crippen molar-refractivity contribution in [1.29, 1.82) is 0 Å². The summed E-state index contributed by atoms with van der Waals surface area (Å²) in [6.07, 6.45) is 1.66. The molecular weight excluding hydrogens is 340 g/mol. The fourth-order valence-corrected chi connectivity index (χ4v) is 3.07. The van der Waals surface area contributed by atoms with E-state index in [-0.39, 0.29) is 24.4 Å². The topological polar surface area (TPSA) is 76.9 Å². The predicted molar refractivity (Wildman–Crippen MR) is 106 cm³/mol. The fourth-order valence-electron chi connectivity index (χ4n) is 3.07. The molecule has 27 heavy (non-hydrogen) atoms. The number of amides is 1. The number of rotatable bonds is 4. The Morgan fingerprint density at radius 1 is 1.00 bits per heavy atom. The third-order valence-electron chi connectivity index (χ3n) is 4.46. The summed E-state index contributed by atoms with van der Waals surface area (Å²) < 4.78 is 1.47. The molecule has 1 amide bonds. The van der Waals surface area contributed by atoms with Crippen molar-refractivity contribution in [2.24, 2.45) is 0 Å². The molecule has 4 aromatic rings. The molecule has 0 spiro atoms. The number of benzene rings is 2. The van der Waals surface area contributed by atoms with Crippen molar-refractivity contribution in [3.8, 4) is 0 Å². The number of carbonyl (C=O) groups is 1. The van der Waals surface area contributed by atoms with E-state index in [0.717, 1.165) is 16.6 Å². The van der Waals surface area contributed by atoms with Crippen LogP contribution in [0.15, 0.2) is 65.7 Å². The van der Waals surface area contributed by atoms with E-state index in [9.17, 15) is 9.59 Å². The maximum absolute atomic E-state index is 12.5. The average Bonchev–Trinajstić information content (AvgIpc) is 2.67. The zero-order chi connectivity index (χ0) is 18.8. The molecule has 0 aliphatic rings. The highest BCUT2D eigenvalue weighted by Gasteiger charge is 2.09. The maximum atomic E-state index is 12.5. The van der Waals surface area contributed by atoms with E-state index in [2.05, 4.69) is 15.3 Å². The lowest BCUT2D eigenvalue weighted by Gasteiger charge is -2.10. The first-order valence-electron chi connectivity index (χ1n) is 8.72. The lowest BCUT2D eigenvalue weighted by Crippen LogP contribution is -2.23. The minimum Gasteiger partial charge on any atom is -0.325 e. The molecule has 0 aliphatic heterocycles. The molecule has 2 heterocycles. The second-order valence-electron chi connectivity index (χ2n) is 6.38. The number of nitrogens with zero attached hydrogens (tertiary/aromatic N) is 3. The second kappa shape index (κ2) is 6.99. The van der Waals surface area contributed by atoms with Crippen molar-refractivity contribution in [1.82, 2.24) is 14.5 Å². The molecule has 2 aromatic carbocycles. The average molecular weight is 358 g/mol. The number of pyridine rings is 1. The minimum atomic E-state index is -0.164. The van der Waals surface area contributed by atoms with Gasteiger partial charge in [0.2, 0.25) is 5.91 Å². The standard InChI is InChI=1S/C21H18N4O2/c1-14-9-10-15-18(23-14)7-4-8-19(15)24-20(26)11-12-25-13-22-17-6-3-2-5-16(17)21(25)27/h2-10,13H,11-12H2,1H3,(H,24,26). The number of para-hydroxylation sites is 1. The maximum Gasteiger partial charge on any atom is 0.261 e. The van der Waals surface area contributed by atoms with Crippen LogP contribution in [0.25, 0.3) is 21.8 Å². The number of hydrogen-bond acceptors (Lipinski definition) is 4. The van der Waals surface area contributed by atoms with Crippen LogP contribution in [0.1, 0.15) is 12.1 Å². The molecule has 1 N–H and O–H groups in total. The zero-order valence-electron chi connectivity index (χ0n) is 14.8. The highest BCUT2D eigenvalue weighted by molar-refractivity contribution is 6.00. The highest BCUT2D eigenvalue weighted by Crippen LogP contribution is 2.22. The van der Waals surface area contributed by atoms with Gasteiger partial charge in [-0.1, -0.05) is 18.2 Å². The number of nitrogens with one attached hydrogen (secondary N) is 1. The Balaban J connectivity index is 1.51. The van der Waals surface area contributed by atoms with Crippen LogP contribution in [0, 0.1) is 6.92 Å². The van der Waals surface area contributed by atoms with Crippen LogP contribution in [0.5, 0.6) is 0 Å². The fraction of sp³-hybridized carbons (Fsp3) is 0.143. The van der Waals surface area contributed by atoms with Gasteiger partial charge in [-0.05, 0) is 43.3 Å². The summed E-state index contributed by atoms with van der Waals surface area (Å²) in [5, 5.41) is 4.36. The molecule has 2 aromatic heterocycles. The SMILES string of the molecule is Cc1ccc2c(NC(=O)CCn3cnc4ccccc4c3=O)cccc2n1. The number of hydrogen-bond donors (Lipinski definition) is 1. The lowest BCUT2D eigenvalue weighted by molar-refractivity contribution is -0.116. The lowest BCUT2D eigenvalue weighted by atomic mass is 10.1. The second-order valence-corrected chi connectivity index (χ2v) is 6.38. The van der Waals surface area contributed by atoms with Crippen LogP contribution in [0.4, 0.5) is 5.69 Å². The molecule has 0 radical (unpaired) electrons. The van der Waals surface area contributed by atoms with Gasteiger partial charge in [0, 0.05) is 24.0 Å². The van der Waals surface area contributed by atoms with Gasteiger partial charge in [0.1, 0.15) is 0 Å². The van der Waals surface area contributed by atoms with Gasteiger partial charge < -0.3 is 5.32 Å². The van der Waals surface area contributed by atoms with Crippen LogP contribution < -0.4 is 10.9 Å². The van der Waals surface area contributed by atoms with E-state index in [1.54, 1.807) is 18.2 Å². The third kappa shape index (κ3) is 3.42. The first-order chi connectivity index (χ1) is 13.1. The van der Waals surface area contributed by atoms with Crippen LogP contribution >= 0.6 is 0 Å². The van der Waals surface area contributed by atoms with Crippen LogP contribution in [-0.4, -0.2) is 20.4 Å². The molecule has 0 aliphatic carbocycles. The monoisotopic (exact) mass is 358 g/mol. The van der Waals surface area contributed by atoms with E-state index >= 15 is 0 Å². The smallest absolute Gasteiger partial charge is 0.261 e. The molecule has 134 valence electrons. The van der Waals surface area contributed by atoms with Gasteiger partial charge in [0.15, 0.2) is 0 Å². The highest BCUT2D eigenvalue weighted by atomic mass is 16.2. The Bertz CT molecular complexity index is 1210. The van der Waals surface area contributed by atoms with Crippen molar-refractivity contribution >= 4 is 33.4 Å². The Hall–Kier alpha value is -3.54. The number of aromatic nitrogens is 3. The summed E-state index contributed by atoms with van der Waals surface area (Å²) in [6.45, 7) is 2.20. The zero-order valence-corrected chi connectivity index (χ0v) is 14.8.